The molecule has 2 heteroatoms. The second kappa shape index (κ2) is 4.43. The van der Waals surface area contributed by atoms with E-state index >= 15 is 0 Å². The SMILES string of the molecule is CC1=CC(=O)C=C2CCC3C(CC[C@]4(C)C(=O)CCC34)[C@@]12C. The summed E-state index contributed by atoms with van der Waals surface area (Å²) >= 11 is 0. The van der Waals surface area contributed by atoms with Crippen LogP contribution in [0.25, 0.3) is 0 Å². The maximum atomic E-state index is 12.4. The van der Waals surface area contributed by atoms with Crippen LogP contribution in [0.5, 0.6) is 0 Å². The van der Waals surface area contributed by atoms with Gasteiger partial charge in [0.05, 0.1) is 0 Å². The first-order valence-corrected chi connectivity index (χ1v) is 8.84. The van der Waals surface area contributed by atoms with Crippen LogP contribution in [0.15, 0.2) is 23.3 Å². The second-order valence-corrected chi connectivity index (χ2v) is 8.44. The Bertz CT molecular complexity index is 626. The van der Waals surface area contributed by atoms with Crippen LogP contribution in [0.3, 0.4) is 0 Å². The van der Waals surface area contributed by atoms with Crippen molar-refractivity contribution in [2.75, 3.05) is 0 Å². The third-order valence-corrected chi connectivity index (χ3v) is 7.80. The molecule has 0 N–H and O–H groups in total. The Morgan fingerprint density at radius 2 is 1.77 bits per heavy atom. The average molecular weight is 298 g/mol. The minimum absolute atomic E-state index is 0.0547. The van der Waals surface area contributed by atoms with Crippen LogP contribution in [0.1, 0.15) is 59.3 Å². The zero-order valence-corrected chi connectivity index (χ0v) is 13.9. The Hall–Kier alpha value is -1.18. The minimum atomic E-state index is -0.0547. The van der Waals surface area contributed by atoms with Crippen molar-refractivity contribution in [3.05, 3.63) is 23.3 Å². The Morgan fingerprint density at radius 3 is 2.55 bits per heavy atom. The lowest BCUT2D eigenvalue weighted by atomic mass is 9.47. The average Bonchev–Trinajstić information content (AvgIpc) is 2.77. The fourth-order valence-corrected chi connectivity index (χ4v) is 6.34. The first kappa shape index (κ1) is 14.4. The van der Waals surface area contributed by atoms with Gasteiger partial charge in [-0.25, -0.2) is 0 Å². The molecule has 4 rings (SSSR count). The Kier molecular flexibility index (Phi) is 2.90. The van der Waals surface area contributed by atoms with Crippen molar-refractivity contribution in [1.82, 2.24) is 0 Å². The molecule has 0 aromatic heterocycles. The highest BCUT2D eigenvalue weighted by Gasteiger charge is 2.59. The van der Waals surface area contributed by atoms with Gasteiger partial charge in [0.15, 0.2) is 5.78 Å². The van der Waals surface area contributed by atoms with E-state index in [-0.39, 0.29) is 16.6 Å². The van der Waals surface area contributed by atoms with Gasteiger partial charge >= 0.3 is 0 Å². The lowest BCUT2D eigenvalue weighted by molar-refractivity contribution is -0.131. The molecule has 0 amide bonds. The number of hydrogen-bond donors (Lipinski definition) is 0. The smallest absolute Gasteiger partial charge is 0.178 e. The van der Waals surface area contributed by atoms with Crippen molar-refractivity contribution >= 4 is 11.6 Å². The maximum absolute atomic E-state index is 12.4. The van der Waals surface area contributed by atoms with E-state index in [0.717, 1.165) is 32.1 Å². The normalized spacial score (nSPS) is 47.3. The Balaban J connectivity index is 1.75. The molecule has 0 radical (unpaired) electrons. The monoisotopic (exact) mass is 298 g/mol. The van der Waals surface area contributed by atoms with E-state index in [1.807, 2.05) is 12.2 Å². The van der Waals surface area contributed by atoms with Gasteiger partial charge in [-0.3, -0.25) is 9.59 Å². The Morgan fingerprint density at radius 1 is 1.00 bits per heavy atom. The summed E-state index contributed by atoms with van der Waals surface area (Å²) in [6.45, 7) is 6.72. The van der Waals surface area contributed by atoms with E-state index in [1.54, 1.807) is 0 Å². The van der Waals surface area contributed by atoms with Gasteiger partial charge in [0.2, 0.25) is 0 Å². The van der Waals surface area contributed by atoms with Crippen molar-refractivity contribution in [3.63, 3.8) is 0 Å². The van der Waals surface area contributed by atoms with Gasteiger partial charge in [0, 0.05) is 17.3 Å². The van der Waals surface area contributed by atoms with Crippen LogP contribution in [-0.4, -0.2) is 11.6 Å². The molecule has 0 saturated heterocycles. The van der Waals surface area contributed by atoms with Crippen molar-refractivity contribution in [3.8, 4) is 0 Å². The molecule has 0 aliphatic heterocycles. The molecule has 22 heavy (non-hydrogen) atoms. The van der Waals surface area contributed by atoms with E-state index in [1.165, 1.54) is 17.6 Å². The number of allylic oxidation sites excluding steroid dienone is 4. The molecule has 2 nitrogen and oxygen atoms in total. The summed E-state index contributed by atoms with van der Waals surface area (Å²) in [5.74, 6) is 2.51. The number of carbonyl (C=O) groups is 2. The third kappa shape index (κ3) is 1.62. The van der Waals surface area contributed by atoms with Gasteiger partial charge < -0.3 is 0 Å². The summed E-state index contributed by atoms with van der Waals surface area (Å²) in [4.78, 5) is 24.3. The molecule has 0 bridgehead atoms. The zero-order valence-electron chi connectivity index (χ0n) is 13.9. The van der Waals surface area contributed by atoms with Gasteiger partial charge in [0.1, 0.15) is 5.78 Å². The number of carbonyl (C=O) groups excluding carboxylic acids is 2. The lowest BCUT2D eigenvalue weighted by Gasteiger charge is -2.57. The summed E-state index contributed by atoms with van der Waals surface area (Å²) < 4.78 is 0. The van der Waals surface area contributed by atoms with E-state index in [4.69, 9.17) is 0 Å². The lowest BCUT2D eigenvalue weighted by Crippen LogP contribution is -2.50. The highest BCUT2D eigenvalue weighted by Crippen LogP contribution is 2.64. The topological polar surface area (TPSA) is 34.1 Å². The molecular weight excluding hydrogens is 272 g/mol. The summed E-state index contributed by atoms with van der Waals surface area (Å²) in [7, 11) is 0. The largest absolute Gasteiger partial charge is 0.299 e. The predicted molar refractivity (Wildman–Crippen MR) is 86.2 cm³/mol. The van der Waals surface area contributed by atoms with Gasteiger partial charge in [-0.05, 0) is 68.9 Å². The van der Waals surface area contributed by atoms with Gasteiger partial charge in [-0.2, -0.15) is 0 Å². The molecule has 0 aromatic carbocycles. The van der Waals surface area contributed by atoms with Gasteiger partial charge in [0.25, 0.3) is 0 Å². The maximum Gasteiger partial charge on any atom is 0.178 e. The van der Waals surface area contributed by atoms with E-state index < -0.39 is 0 Å². The quantitative estimate of drug-likeness (QED) is 0.670. The molecule has 0 spiro atoms. The van der Waals surface area contributed by atoms with Crippen molar-refractivity contribution in [1.29, 1.82) is 0 Å². The number of fused-ring (bicyclic) bond motifs is 5. The molecule has 5 atom stereocenters. The first-order valence-electron chi connectivity index (χ1n) is 8.84. The minimum Gasteiger partial charge on any atom is -0.299 e. The molecule has 4 aliphatic carbocycles. The fourth-order valence-electron chi connectivity index (χ4n) is 6.34. The first-order chi connectivity index (χ1) is 10.4. The van der Waals surface area contributed by atoms with E-state index in [0.29, 0.717) is 23.5 Å². The molecule has 4 aliphatic rings. The molecule has 118 valence electrons. The molecule has 0 heterocycles. The number of hydrogen-bond acceptors (Lipinski definition) is 2. The highest BCUT2D eigenvalue weighted by molar-refractivity contribution is 6.02. The van der Waals surface area contributed by atoms with Crippen molar-refractivity contribution < 1.29 is 9.59 Å². The van der Waals surface area contributed by atoms with E-state index in [2.05, 4.69) is 20.8 Å². The second-order valence-electron chi connectivity index (χ2n) is 8.44. The Labute approximate surface area is 133 Å². The van der Waals surface area contributed by atoms with Crippen LogP contribution >= 0.6 is 0 Å². The molecule has 3 saturated carbocycles. The van der Waals surface area contributed by atoms with Gasteiger partial charge in [-0.1, -0.05) is 25.0 Å². The van der Waals surface area contributed by atoms with Crippen LogP contribution in [0, 0.1) is 28.6 Å². The van der Waals surface area contributed by atoms with Crippen LogP contribution in [0.2, 0.25) is 0 Å². The van der Waals surface area contributed by atoms with E-state index in [9.17, 15) is 9.59 Å². The summed E-state index contributed by atoms with van der Waals surface area (Å²) in [6, 6.07) is 0. The zero-order chi connectivity index (χ0) is 15.7. The highest BCUT2D eigenvalue weighted by atomic mass is 16.1. The molecule has 0 aromatic rings. The van der Waals surface area contributed by atoms with Crippen LogP contribution < -0.4 is 0 Å². The van der Waals surface area contributed by atoms with Crippen molar-refractivity contribution in [2.24, 2.45) is 28.6 Å². The molecular formula is C20H26O2. The summed E-state index contributed by atoms with van der Waals surface area (Å²) in [5, 5.41) is 0. The van der Waals surface area contributed by atoms with Crippen molar-refractivity contribution in [2.45, 2.75) is 59.3 Å². The number of rotatable bonds is 0. The molecule has 3 fully saturated rings. The van der Waals surface area contributed by atoms with Crippen LogP contribution in [-0.2, 0) is 9.59 Å². The summed E-state index contributed by atoms with van der Waals surface area (Å²) in [6.07, 6.45) is 10.0. The standard InChI is InChI=1S/C20H26O2/c1-12-10-14(21)11-13-4-5-15-16-6-7-18(22)19(16,2)9-8-17(15)20(12,13)3/h10-11,15-17H,4-9H2,1-3H3/t15?,16?,17?,19-,20-/m0/s1. The molecule has 3 unspecified atom stereocenters. The predicted octanol–water partition coefficient (Wildman–Crippen LogP) is 4.25. The van der Waals surface area contributed by atoms with Gasteiger partial charge in [-0.15, -0.1) is 0 Å². The fraction of sp³-hybridized carbons (Fsp3) is 0.700. The number of Topliss-reactive ketones (excluding diaryl/α,β-unsaturated/α-hetero) is 1. The van der Waals surface area contributed by atoms with Crippen LogP contribution in [0.4, 0.5) is 0 Å². The third-order valence-electron chi connectivity index (χ3n) is 7.80. The summed E-state index contributed by atoms with van der Waals surface area (Å²) in [5.41, 5.74) is 2.61. The number of ketones is 2.